The van der Waals surface area contributed by atoms with E-state index in [-0.39, 0.29) is 0 Å². The Morgan fingerprint density at radius 2 is 1.15 bits per heavy atom. The van der Waals surface area contributed by atoms with E-state index in [9.17, 15) is 0 Å². The first-order valence-electron chi connectivity index (χ1n) is 11.0. The molecule has 0 fully saturated rings. The van der Waals surface area contributed by atoms with Crippen molar-refractivity contribution in [1.82, 2.24) is 10.2 Å². The summed E-state index contributed by atoms with van der Waals surface area (Å²) in [5.74, 6) is 1.24. The van der Waals surface area contributed by atoms with Gasteiger partial charge < -0.3 is 0 Å². The second-order valence-electron chi connectivity index (χ2n) is 7.27. The van der Waals surface area contributed by atoms with Crippen LogP contribution < -0.4 is 0 Å². The molecule has 0 aliphatic carbocycles. The van der Waals surface area contributed by atoms with Gasteiger partial charge in [0.2, 0.25) is 0 Å². The van der Waals surface area contributed by atoms with Crippen molar-refractivity contribution in [2.75, 3.05) is 5.75 Å². The highest BCUT2D eigenvalue weighted by molar-refractivity contribution is 8.77. The number of unbranched alkanes of at least 4 members (excludes halogenated alkanes) is 16. The molecule has 0 bridgehead atoms. The second kappa shape index (κ2) is 20.0. The molecule has 0 unspecified atom stereocenters. The van der Waals surface area contributed by atoms with E-state index in [1.807, 2.05) is 10.8 Å². The highest BCUT2D eigenvalue weighted by Crippen LogP contribution is 2.32. The van der Waals surface area contributed by atoms with Crippen LogP contribution in [0.2, 0.25) is 0 Å². The van der Waals surface area contributed by atoms with E-state index < -0.39 is 0 Å². The van der Waals surface area contributed by atoms with E-state index in [0.717, 1.165) is 4.34 Å². The molecule has 0 amide bonds. The van der Waals surface area contributed by atoms with E-state index in [2.05, 4.69) is 17.1 Å². The van der Waals surface area contributed by atoms with Crippen LogP contribution in [0.25, 0.3) is 0 Å². The van der Waals surface area contributed by atoms with Crippen molar-refractivity contribution in [2.45, 2.75) is 120 Å². The van der Waals surface area contributed by atoms with Crippen LogP contribution in [0.15, 0.2) is 9.85 Å². The van der Waals surface area contributed by atoms with Crippen molar-refractivity contribution in [2.24, 2.45) is 0 Å². The van der Waals surface area contributed by atoms with Gasteiger partial charge in [-0.1, -0.05) is 132 Å². The molecule has 2 nitrogen and oxygen atoms in total. The third-order valence-corrected chi connectivity index (χ3v) is 8.26. The minimum absolute atomic E-state index is 1.09. The first-order valence-corrected chi connectivity index (χ1v) is 14.2. The third kappa shape index (κ3) is 16.4. The van der Waals surface area contributed by atoms with Crippen molar-refractivity contribution in [3.05, 3.63) is 5.51 Å². The Kier molecular flexibility index (Phi) is 18.7. The van der Waals surface area contributed by atoms with Crippen LogP contribution in [0.5, 0.6) is 0 Å². The first-order chi connectivity index (χ1) is 12.9. The van der Waals surface area contributed by atoms with Gasteiger partial charge in [0.05, 0.1) is 0 Å². The van der Waals surface area contributed by atoms with Crippen LogP contribution in [0.3, 0.4) is 0 Å². The van der Waals surface area contributed by atoms with Gasteiger partial charge in [0.1, 0.15) is 5.51 Å². The van der Waals surface area contributed by atoms with E-state index in [1.54, 1.807) is 27.6 Å². The number of aromatic nitrogens is 2. The Balaban J connectivity index is 1.65. The average molecular weight is 417 g/mol. The molecule has 0 spiro atoms. The molecule has 1 heterocycles. The molecule has 0 saturated heterocycles. The summed E-state index contributed by atoms with van der Waals surface area (Å²) in [7, 11) is 3.70. The molecule has 26 heavy (non-hydrogen) atoms. The fraction of sp³-hybridized carbons (Fsp3) is 0.905. The summed E-state index contributed by atoms with van der Waals surface area (Å²) >= 11 is 1.63. The molecule has 0 aliphatic heterocycles. The number of hydrogen-bond donors (Lipinski definition) is 0. The minimum atomic E-state index is 1.09. The summed E-state index contributed by atoms with van der Waals surface area (Å²) in [5, 5.41) is 7.90. The van der Waals surface area contributed by atoms with Crippen LogP contribution in [0.4, 0.5) is 0 Å². The van der Waals surface area contributed by atoms with Crippen molar-refractivity contribution in [3.8, 4) is 0 Å². The lowest BCUT2D eigenvalue weighted by atomic mass is 10.0. The van der Waals surface area contributed by atoms with Crippen LogP contribution in [0.1, 0.15) is 116 Å². The highest BCUT2D eigenvalue weighted by Gasteiger charge is 1.98. The zero-order valence-corrected chi connectivity index (χ0v) is 19.4. The standard InChI is InChI=1S/C21H40N2S3/c1-2-3-4-5-6-7-8-9-10-11-12-13-14-15-16-17-18-19-25-26-21-23-22-20-24-21/h20H,2-19H2,1H3. The zero-order valence-electron chi connectivity index (χ0n) is 16.9. The molecule has 0 aliphatic rings. The molecule has 1 rings (SSSR count). The van der Waals surface area contributed by atoms with Crippen molar-refractivity contribution < 1.29 is 0 Å². The Hall–Kier alpha value is 0.260. The predicted octanol–water partition coefficient (Wildman–Crippen LogP) is 8.93. The van der Waals surface area contributed by atoms with Gasteiger partial charge in [-0.15, -0.1) is 10.2 Å². The molecule has 1 aromatic rings. The molecule has 0 aromatic carbocycles. The average Bonchev–Trinajstić information content (AvgIpc) is 3.17. The van der Waals surface area contributed by atoms with Crippen LogP contribution >= 0.6 is 32.9 Å². The van der Waals surface area contributed by atoms with Gasteiger partial charge in [-0.05, 0) is 17.2 Å². The maximum Gasteiger partial charge on any atom is 0.184 e. The molecular formula is C21H40N2S3. The minimum Gasteiger partial charge on any atom is -0.146 e. The van der Waals surface area contributed by atoms with Gasteiger partial charge in [0.25, 0.3) is 0 Å². The van der Waals surface area contributed by atoms with E-state index in [1.165, 1.54) is 115 Å². The Bertz CT molecular complexity index is 371. The molecule has 1 aromatic heterocycles. The fourth-order valence-electron chi connectivity index (χ4n) is 3.18. The normalized spacial score (nSPS) is 11.3. The Morgan fingerprint density at radius 1 is 0.692 bits per heavy atom. The summed E-state index contributed by atoms with van der Waals surface area (Å²) in [6.07, 6.45) is 24.5. The molecule has 0 saturated carbocycles. The summed E-state index contributed by atoms with van der Waals surface area (Å²) < 4.78 is 1.09. The highest BCUT2D eigenvalue weighted by atomic mass is 33.1. The van der Waals surface area contributed by atoms with Crippen LogP contribution in [-0.2, 0) is 0 Å². The van der Waals surface area contributed by atoms with Crippen molar-refractivity contribution in [3.63, 3.8) is 0 Å². The lowest BCUT2D eigenvalue weighted by Gasteiger charge is -2.03. The molecule has 0 atom stereocenters. The number of rotatable bonds is 20. The molecule has 0 N–H and O–H groups in total. The molecule has 0 radical (unpaired) electrons. The van der Waals surface area contributed by atoms with E-state index >= 15 is 0 Å². The number of nitrogens with zero attached hydrogens (tertiary/aromatic N) is 2. The van der Waals surface area contributed by atoms with Crippen molar-refractivity contribution >= 4 is 32.9 Å². The molecular weight excluding hydrogens is 376 g/mol. The van der Waals surface area contributed by atoms with Crippen LogP contribution in [0, 0.1) is 0 Å². The summed E-state index contributed by atoms with van der Waals surface area (Å²) in [4.78, 5) is 0. The number of hydrogen-bond acceptors (Lipinski definition) is 5. The second-order valence-corrected chi connectivity index (χ2v) is 10.8. The Morgan fingerprint density at radius 3 is 1.58 bits per heavy atom. The van der Waals surface area contributed by atoms with Crippen molar-refractivity contribution in [1.29, 1.82) is 0 Å². The summed E-state index contributed by atoms with van der Waals surface area (Å²) in [5.41, 5.74) is 1.80. The Labute approximate surface area is 174 Å². The largest absolute Gasteiger partial charge is 0.184 e. The van der Waals surface area contributed by atoms with E-state index in [0.29, 0.717) is 0 Å². The lowest BCUT2D eigenvalue weighted by Crippen LogP contribution is -1.84. The SMILES string of the molecule is CCCCCCCCCCCCCCCCCCCSSc1nncs1. The smallest absolute Gasteiger partial charge is 0.146 e. The van der Waals surface area contributed by atoms with Gasteiger partial charge >= 0.3 is 0 Å². The maximum atomic E-state index is 4.04. The predicted molar refractivity (Wildman–Crippen MR) is 122 cm³/mol. The quantitative estimate of drug-likeness (QED) is 0.156. The molecule has 152 valence electrons. The van der Waals surface area contributed by atoms with Gasteiger partial charge in [0.15, 0.2) is 4.34 Å². The fourth-order valence-corrected chi connectivity index (χ4v) is 6.12. The maximum absolute atomic E-state index is 4.04. The van der Waals surface area contributed by atoms with Crippen LogP contribution in [-0.4, -0.2) is 16.0 Å². The first kappa shape index (κ1) is 24.3. The van der Waals surface area contributed by atoms with Gasteiger partial charge in [-0.2, -0.15) is 0 Å². The summed E-state index contributed by atoms with van der Waals surface area (Å²) in [6.45, 7) is 2.30. The van der Waals surface area contributed by atoms with Gasteiger partial charge in [-0.3, -0.25) is 0 Å². The zero-order chi connectivity index (χ0) is 18.5. The lowest BCUT2D eigenvalue weighted by molar-refractivity contribution is 0.529. The monoisotopic (exact) mass is 416 g/mol. The summed E-state index contributed by atoms with van der Waals surface area (Å²) in [6, 6.07) is 0. The van der Waals surface area contributed by atoms with E-state index in [4.69, 9.17) is 0 Å². The van der Waals surface area contributed by atoms with Gasteiger partial charge in [-0.25, -0.2) is 0 Å². The third-order valence-electron chi connectivity index (χ3n) is 4.80. The van der Waals surface area contributed by atoms with Gasteiger partial charge in [0, 0.05) is 5.75 Å². The topological polar surface area (TPSA) is 25.8 Å². The molecule has 5 heteroatoms.